The molecule has 0 aliphatic heterocycles. The van der Waals surface area contributed by atoms with Crippen LogP contribution < -0.4 is 132 Å². The van der Waals surface area contributed by atoms with Crippen LogP contribution in [-0.4, -0.2) is 329 Å². The van der Waals surface area contributed by atoms with Gasteiger partial charge in [-0.15, -0.1) is 11.6 Å². The standard InChI is InChI=1S/C27H43N3O5.2C21H31N3O7.C18H32N2O4.C9H12ClNO.CH2O3.2ClH.2K.2Mn.H/c1-18-13-28-22(21(4)26(18)34-8)16-29(14-19(2)31)23-11-9-10-12-24(23)30(15-20(3)32)17-25(33)35-27(5,6)7;2*1-13-8-22-15(14(2)21(13)31-3)9-23(10-18(25)26)16-6-4-5-7-17(16)24(11-19(27)28)12-20(29)30;1-13(21)10-19-15-8-6-7-9-16(15)20(11-14(2)22)12-17(23)24-18(3,4)5;1-6-5-11-8(4-10)7(2)9(6)12-3;2-1-4-3;;;;;;;/h13,23-24H,9-12,14-17H2,1-8H3;2*8,16-17H,4-7,9-12H2,1-3H3,(H,25,26)(H,27,28)(H,29,30);15-16,19H,6-12H2,1-5H3;5H,4H2,1-3H3;1,3H;2*1H;;;;;/q;;;;;;;;2*+1;2*+2;-1/p-3/t23-,24?;2*16-,17?;15-,16?;;;;;;;;;/m0000........./s1. The van der Waals surface area contributed by atoms with Crippen molar-refractivity contribution in [3.8, 4) is 23.0 Å². The van der Waals surface area contributed by atoms with E-state index in [-0.39, 0.29) is 283 Å². The first kappa shape index (κ1) is 140. The van der Waals surface area contributed by atoms with E-state index in [1.165, 1.54) is 16.7 Å². The molecule has 0 amide bonds. The van der Waals surface area contributed by atoms with Crippen molar-refractivity contribution in [2.75, 3.05) is 107 Å². The average molecular weight is 2210 g/mol. The monoisotopic (exact) mass is 2210 g/mol. The summed E-state index contributed by atoms with van der Waals surface area (Å²) in [4.78, 5) is 183. The Kier molecular flexibility index (Phi) is 71.1. The predicted molar refractivity (Wildman–Crippen MR) is 521 cm³/mol. The number of hydrogen-bond acceptors (Lipinski definition) is 33. The van der Waals surface area contributed by atoms with Crippen LogP contribution in [-0.2, 0) is 132 Å². The Morgan fingerprint density at radius 2 is 0.601 bits per heavy atom. The maximum atomic E-state index is 12.7. The van der Waals surface area contributed by atoms with Crippen LogP contribution in [0.15, 0.2) is 24.8 Å². The fourth-order valence-electron chi connectivity index (χ4n) is 18.4. The number of alkyl halides is 1. The number of esters is 2. The smallest absolute Gasteiger partial charge is 1.00 e. The number of aryl methyl sites for hydroxylation is 4. The second kappa shape index (κ2) is 72.9. The van der Waals surface area contributed by atoms with Crippen molar-refractivity contribution in [2.45, 2.75) is 312 Å². The summed E-state index contributed by atoms with van der Waals surface area (Å²) in [6, 6.07) is -1.25. The van der Waals surface area contributed by atoms with Crippen molar-refractivity contribution in [3.05, 3.63) is 92.1 Å². The van der Waals surface area contributed by atoms with E-state index >= 15 is 0 Å². The van der Waals surface area contributed by atoms with E-state index < -0.39 is 73.2 Å². The molecule has 4 aliphatic carbocycles. The van der Waals surface area contributed by atoms with E-state index in [4.69, 9.17) is 70.3 Å². The summed E-state index contributed by atoms with van der Waals surface area (Å²) in [5.74, 6) is -3.46. The van der Waals surface area contributed by atoms with Gasteiger partial charge in [0.1, 0.15) is 57.3 Å². The Balaban J connectivity index is -0.00000172. The summed E-state index contributed by atoms with van der Waals surface area (Å²) in [5.41, 5.74) is 9.35. The number of methoxy groups -OCH3 is 4. The van der Waals surface area contributed by atoms with Crippen molar-refractivity contribution in [3.63, 3.8) is 0 Å². The number of hydrogen-bond donors (Lipinski definition) is 7. The third kappa shape index (κ3) is 52.7. The van der Waals surface area contributed by atoms with E-state index in [9.17, 15) is 88.2 Å². The van der Waals surface area contributed by atoms with Gasteiger partial charge in [-0.25, -0.2) is 0 Å². The van der Waals surface area contributed by atoms with Crippen molar-refractivity contribution in [2.24, 2.45) is 0 Å². The van der Waals surface area contributed by atoms with Gasteiger partial charge >= 0.3 is 201 Å². The Hall–Kier alpha value is -5.47. The Morgan fingerprint density at radius 1 is 0.392 bits per heavy atom. The quantitative estimate of drug-likeness (QED) is 0.00801. The summed E-state index contributed by atoms with van der Waals surface area (Å²) in [5, 5.41) is 67.9. The molecule has 4 aromatic rings. The van der Waals surface area contributed by atoms with E-state index in [0.717, 1.165) is 144 Å². The second-order valence-corrected chi connectivity index (χ2v) is 39.6. The number of carbonyl (C=O) groups is 13. The molecule has 39 nitrogen and oxygen atoms in total. The molecule has 1 radical (unpaired) electrons. The fourth-order valence-corrected chi connectivity index (χ4v) is 18.6. The molecule has 8 rings (SSSR count). The summed E-state index contributed by atoms with van der Waals surface area (Å²) in [6.45, 7) is 32.4. The van der Waals surface area contributed by atoms with Crippen LogP contribution in [0.4, 0.5) is 0 Å². The van der Waals surface area contributed by atoms with Crippen molar-refractivity contribution >= 4 is 109 Å². The van der Waals surface area contributed by atoms with E-state index in [1.807, 2.05) is 107 Å². The van der Waals surface area contributed by atoms with E-state index in [2.05, 4.69) is 35.0 Å². The van der Waals surface area contributed by atoms with Crippen LogP contribution in [0.5, 0.6) is 23.0 Å². The minimum absolute atomic E-state index is 0. The summed E-state index contributed by atoms with van der Waals surface area (Å²) in [7, 11) is 16.0. The van der Waals surface area contributed by atoms with Gasteiger partial charge in [0, 0.05) is 137 Å². The number of aromatic nitrogens is 4. The number of nitrogens with one attached hydrogen (secondary N) is 1. The van der Waals surface area contributed by atoms with Crippen LogP contribution in [0.3, 0.4) is 0 Å². The molecule has 796 valence electrons. The normalized spacial score (nSPS) is 17.5. The average Bonchev–Trinajstić information content (AvgIpc) is 0.810. The SMILES string of the molecule is CC(=O)CN[C@H]1CCCCC1N(CC(C)=O)CC(=O)OC(C)(C)C.COc1c(C)cnc(CCl)c1C.COc1c(C)cnc(CN(CC(=O)O)[C@H]2CCCCC2N(CC(=O)O)CC(=O)O)c1C.COc1c(C)cnc(CN(CC(=O)O)[C@H]2CCCCC2N(CC(=O)O)CC(=O)O)c1C.COc1c(C)cnc(CN(CC(C)=O)[C@H]2CCCCC2N(CC(C)=O)CC(=O)OC(C)(C)C)c1C.O=CO[O-].[Cl][Mn][Cl].[H-].[K+].[K+].[Mn+2]. The molecule has 0 saturated heterocycles. The van der Waals surface area contributed by atoms with Gasteiger partial charge in [0.05, 0.1) is 136 Å². The van der Waals surface area contributed by atoms with Gasteiger partial charge in [-0.2, -0.15) is 0 Å². The molecule has 0 spiro atoms. The van der Waals surface area contributed by atoms with Gasteiger partial charge in [0.2, 0.25) is 0 Å². The number of pyridine rings is 4. The zero-order chi connectivity index (χ0) is 106. The molecule has 8 atom stereocenters. The number of carboxylic acid groups (broad SMARTS) is 6. The number of halogens is 3. The molecule has 4 aliphatic rings. The van der Waals surface area contributed by atoms with Gasteiger partial charge in [-0.1, -0.05) is 51.4 Å². The third-order valence-corrected chi connectivity index (χ3v) is 24.0. The van der Waals surface area contributed by atoms with Crippen molar-refractivity contribution in [1.82, 2.24) is 59.6 Å². The maximum absolute atomic E-state index is 12.7. The van der Waals surface area contributed by atoms with Gasteiger partial charge in [0.25, 0.3) is 6.47 Å². The van der Waals surface area contributed by atoms with Crippen LogP contribution >= 0.6 is 31.8 Å². The number of carboxylic acids is 6. The number of ketones is 4. The van der Waals surface area contributed by atoms with E-state index in [1.54, 1.807) is 83.8 Å². The van der Waals surface area contributed by atoms with Crippen molar-refractivity contribution < 1.29 is 266 Å². The number of ether oxygens (including phenoxy) is 6. The third-order valence-electron chi connectivity index (χ3n) is 23.7. The summed E-state index contributed by atoms with van der Waals surface area (Å²) < 4.78 is 32.7. The molecular formula is C97H151Cl3K2Mn2N12O27+2. The zero-order valence-corrected chi connectivity index (χ0v) is 98.6. The molecule has 0 aromatic carbocycles. The first-order valence-corrected chi connectivity index (χ1v) is 50.2. The van der Waals surface area contributed by atoms with E-state index in [0.29, 0.717) is 67.5 Å². The molecule has 4 fully saturated rings. The topological polar surface area (TPSA) is 517 Å². The minimum atomic E-state index is -1.11. The molecule has 0 bridgehead atoms. The van der Waals surface area contributed by atoms with Crippen LogP contribution in [0, 0.1) is 55.4 Å². The number of nitrogens with zero attached hydrogens (tertiary/aromatic N) is 11. The molecule has 143 heavy (non-hydrogen) atoms. The zero-order valence-electron chi connectivity index (χ0n) is 88.7. The summed E-state index contributed by atoms with van der Waals surface area (Å²) >= 11 is 5.70. The maximum Gasteiger partial charge on any atom is 2.00 e. The largest absolute Gasteiger partial charge is 2.00 e. The second-order valence-electron chi connectivity index (χ2n) is 37.3. The molecule has 7 N–H and O–H groups in total. The molecular weight excluding hydrogens is 2060 g/mol. The number of aliphatic carboxylic acids is 6. The van der Waals surface area contributed by atoms with Gasteiger partial charge in [0.15, 0.2) is 0 Å². The Labute approximate surface area is 958 Å². The number of Topliss-reactive ketones (excluding diaryl/α,β-unsaturated/α-hetero) is 4. The Bertz CT molecular complexity index is 4530. The predicted octanol–water partition coefficient (Wildman–Crippen LogP) is 4.48. The molecule has 4 unspecified atom stereocenters. The molecule has 4 aromatic heterocycles. The number of carbonyl (C=O) groups excluding carboxylic acids is 7. The van der Waals surface area contributed by atoms with Gasteiger partial charge in [-0.3, -0.25) is 117 Å². The first-order valence-electron chi connectivity index (χ1n) is 46.5. The summed E-state index contributed by atoms with van der Waals surface area (Å²) in [6.07, 6.45) is 20.6. The number of rotatable bonds is 44. The molecule has 46 heteroatoms. The fraction of sp³-hybridized carbons (Fsp3) is 0.660. The first-order chi connectivity index (χ1) is 65.7. The minimum Gasteiger partial charge on any atom is -1.00 e. The van der Waals surface area contributed by atoms with Crippen LogP contribution in [0.2, 0.25) is 0 Å². The molecule has 4 saturated carbocycles. The van der Waals surface area contributed by atoms with Gasteiger partial charge in [-0.05, 0) is 176 Å². The Morgan fingerprint density at radius 3 is 0.832 bits per heavy atom. The van der Waals surface area contributed by atoms with Crippen molar-refractivity contribution in [1.29, 1.82) is 0 Å². The molecule has 4 heterocycles. The van der Waals surface area contributed by atoms with Crippen LogP contribution in [0.25, 0.3) is 0 Å². The van der Waals surface area contributed by atoms with Gasteiger partial charge < -0.3 is 75.9 Å². The van der Waals surface area contributed by atoms with Crippen LogP contribution in [0.1, 0.15) is 241 Å².